The molecule has 0 radical (unpaired) electrons. The molecule has 42 heavy (non-hydrogen) atoms. The van der Waals surface area contributed by atoms with Crippen LogP contribution in [0.2, 0.25) is 5.02 Å². The first-order valence-electron chi connectivity index (χ1n) is 13.2. The van der Waals surface area contributed by atoms with Crippen LogP contribution in [0.25, 0.3) is 28.2 Å². The van der Waals surface area contributed by atoms with E-state index in [0.717, 1.165) is 34.0 Å². The standard InChI is InChI=1S/C27H25ClF3N9O2/c1-3-42-24-10-23(22(8-16-4-5-16)38-12-17(11-33-38)26-32-15-34-37(26)2)40(41)13-20(24)19-9-18(28)6-7-21(19)39-14-25(35-36-39)27(29,30)31/h6-7,9-16,22H,3-5,8H2,1-2H3/t22-/m1/s1. The molecule has 0 aliphatic heterocycles. The lowest BCUT2D eigenvalue weighted by molar-refractivity contribution is -0.615. The van der Waals surface area contributed by atoms with E-state index in [1.165, 1.54) is 24.7 Å². The van der Waals surface area contributed by atoms with Crippen molar-refractivity contribution in [1.82, 2.24) is 39.5 Å². The molecule has 0 N–H and O–H groups in total. The van der Waals surface area contributed by atoms with E-state index >= 15 is 0 Å². The van der Waals surface area contributed by atoms with Gasteiger partial charge >= 0.3 is 6.18 Å². The van der Waals surface area contributed by atoms with E-state index in [-0.39, 0.29) is 12.3 Å². The fraction of sp³-hybridized carbons (Fsp3) is 0.333. The third-order valence-corrected chi connectivity index (χ3v) is 7.34. The predicted octanol–water partition coefficient (Wildman–Crippen LogP) is 5.02. The van der Waals surface area contributed by atoms with Gasteiger partial charge in [0, 0.05) is 23.8 Å². The van der Waals surface area contributed by atoms with E-state index in [2.05, 4.69) is 25.5 Å². The molecule has 1 fully saturated rings. The lowest BCUT2D eigenvalue weighted by atomic mass is 10.0. The zero-order chi connectivity index (χ0) is 29.6. The Hall–Kier alpha value is -4.46. The van der Waals surface area contributed by atoms with E-state index in [0.29, 0.717) is 45.8 Å². The molecule has 6 rings (SSSR count). The van der Waals surface area contributed by atoms with E-state index in [1.54, 1.807) is 41.7 Å². The minimum atomic E-state index is -4.67. The van der Waals surface area contributed by atoms with Crippen LogP contribution in [-0.2, 0) is 13.2 Å². The number of ether oxygens (including phenoxy) is 1. The number of hydrogen-bond acceptors (Lipinski definition) is 7. The van der Waals surface area contributed by atoms with Crippen molar-refractivity contribution in [3.8, 4) is 34.0 Å². The summed E-state index contributed by atoms with van der Waals surface area (Å²) in [5.74, 6) is 1.45. The Kier molecular flexibility index (Phi) is 7.09. The van der Waals surface area contributed by atoms with Gasteiger partial charge in [-0.05, 0) is 37.5 Å². The number of aryl methyl sites for hydroxylation is 1. The lowest BCUT2D eigenvalue weighted by Gasteiger charge is -2.20. The Morgan fingerprint density at radius 2 is 1.98 bits per heavy atom. The van der Waals surface area contributed by atoms with Crippen LogP contribution in [-0.4, -0.2) is 46.1 Å². The summed E-state index contributed by atoms with van der Waals surface area (Å²) >= 11 is 6.31. The van der Waals surface area contributed by atoms with Crippen LogP contribution in [0.4, 0.5) is 13.2 Å². The monoisotopic (exact) mass is 599 g/mol. The van der Waals surface area contributed by atoms with Crippen LogP contribution in [0.3, 0.4) is 0 Å². The number of hydrogen-bond donors (Lipinski definition) is 0. The van der Waals surface area contributed by atoms with Crippen LogP contribution < -0.4 is 9.47 Å². The quantitative estimate of drug-likeness (QED) is 0.173. The number of rotatable bonds is 9. The Balaban J connectivity index is 1.45. The van der Waals surface area contributed by atoms with E-state index in [9.17, 15) is 18.4 Å². The van der Waals surface area contributed by atoms with Gasteiger partial charge in [0.2, 0.25) is 5.69 Å². The van der Waals surface area contributed by atoms with Crippen molar-refractivity contribution in [2.45, 2.75) is 38.4 Å². The highest BCUT2D eigenvalue weighted by Gasteiger charge is 2.36. The van der Waals surface area contributed by atoms with Gasteiger partial charge in [-0.25, -0.2) is 14.3 Å². The number of alkyl halides is 3. The summed E-state index contributed by atoms with van der Waals surface area (Å²) in [7, 11) is 1.79. The molecule has 0 bridgehead atoms. The Bertz CT molecular complexity index is 1740. The molecule has 5 aromatic rings. The normalized spacial score (nSPS) is 14.3. The summed E-state index contributed by atoms with van der Waals surface area (Å²) in [6, 6.07) is 5.84. The van der Waals surface area contributed by atoms with E-state index in [4.69, 9.17) is 16.3 Å². The fourth-order valence-corrected chi connectivity index (χ4v) is 5.07. The maximum absolute atomic E-state index is 13.7. The first-order valence-corrected chi connectivity index (χ1v) is 13.6. The van der Waals surface area contributed by atoms with Gasteiger partial charge in [0.05, 0.1) is 41.9 Å². The van der Waals surface area contributed by atoms with Crippen LogP contribution in [0.1, 0.15) is 43.6 Å². The smallest absolute Gasteiger partial charge is 0.436 e. The molecule has 0 unspecified atom stereocenters. The fourth-order valence-electron chi connectivity index (χ4n) is 4.90. The lowest BCUT2D eigenvalue weighted by Crippen LogP contribution is -2.36. The van der Waals surface area contributed by atoms with E-state index in [1.807, 2.05) is 6.20 Å². The number of aromatic nitrogens is 9. The molecule has 1 aromatic carbocycles. The Morgan fingerprint density at radius 1 is 1.17 bits per heavy atom. The van der Waals surface area contributed by atoms with Gasteiger partial charge in [0.25, 0.3) is 0 Å². The van der Waals surface area contributed by atoms with Gasteiger partial charge in [0.1, 0.15) is 18.1 Å². The van der Waals surface area contributed by atoms with Crippen molar-refractivity contribution in [1.29, 1.82) is 0 Å². The SMILES string of the molecule is CCOc1cc([C@@H](CC2CC2)n2cc(-c3ncnn3C)cn2)[n+]([O-])cc1-c1cc(Cl)ccc1-n1cc(C(F)(F)F)nn1. The third-order valence-electron chi connectivity index (χ3n) is 7.11. The molecule has 11 nitrogen and oxygen atoms in total. The highest BCUT2D eigenvalue weighted by molar-refractivity contribution is 6.31. The van der Waals surface area contributed by atoms with Crippen molar-refractivity contribution in [2.75, 3.05) is 6.61 Å². The Labute approximate surface area is 242 Å². The van der Waals surface area contributed by atoms with Crippen LogP contribution in [0, 0.1) is 11.1 Å². The largest absolute Gasteiger partial charge is 0.618 e. The summed E-state index contributed by atoms with van der Waals surface area (Å²) in [5.41, 5.74) is 0.942. The molecule has 4 heterocycles. The zero-order valence-electron chi connectivity index (χ0n) is 22.5. The maximum atomic E-state index is 13.7. The molecule has 0 amide bonds. The van der Waals surface area contributed by atoms with Crippen molar-refractivity contribution >= 4 is 11.6 Å². The molecule has 0 spiro atoms. The molecule has 1 saturated carbocycles. The van der Waals surface area contributed by atoms with Gasteiger partial charge < -0.3 is 9.94 Å². The second kappa shape index (κ2) is 10.7. The molecule has 1 aliphatic rings. The highest BCUT2D eigenvalue weighted by atomic mass is 35.5. The van der Waals surface area contributed by atoms with Gasteiger partial charge in [0.15, 0.2) is 17.7 Å². The average molecular weight is 600 g/mol. The molecule has 1 atom stereocenters. The topological polar surface area (TPSA) is 115 Å². The maximum Gasteiger partial charge on any atom is 0.436 e. The minimum absolute atomic E-state index is 0.242. The first kappa shape index (κ1) is 27.7. The second-order valence-corrected chi connectivity index (χ2v) is 10.5. The third kappa shape index (κ3) is 5.41. The molecular formula is C27H25ClF3N9O2. The van der Waals surface area contributed by atoms with Crippen LogP contribution in [0.5, 0.6) is 5.75 Å². The zero-order valence-corrected chi connectivity index (χ0v) is 23.3. The van der Waals surface area contributed by atoms with Crippen molar-refractivity contribution in [2.24, 2.45) is 13.0 Å². The number of pyridine rings is 1. The Morgan fingerprint density at radius 3 is 2.64 bits per heavy atom. The van der Waals surface area contributed by atoms with Crippen molar-refractivity contribution < 1.29 is 22.6 Å². The minimum Gasteiger partial charge on any atom is -0.618 e. The average Bonchev–Trinajstić information content (AvgIpc) is 3.31. The number of nitrogens with zero attached hydrogens (tertiary/aromatic N) is 9. The summed E-state index contributed by atoms with van der Waals surface area (Å²) in [5, 5.41) is 29.7. The predicted molar refractivity (Wildman–Crippen MR) is 145 cm³/mol. The molecule has 1 aliphatic carbocycles. The summed E-state index contributed by atoms with van der Waals surface area (Å²) in [4.78, 5) is 4.29. The van der Waals surface area contributed by atoms with Gasteiger partial charge in [-0.2, -0.15) is 28.1 Å². The van der Waals surface area contributed by atoms with E-state index < -0.39 is 17.9 Å². The van der Waals surface area contributed by atoms with Crippen LogP contribution in [0.15, 0.2) is 55.4 Å². The van der Waals surface area contributed by atoms with Crippen LogP contribution >= 0.6 is 11.6 Å². The van der Waals surface area contributed by atoms with Crippen molar-refractivity contribution in [3.05, 3.63) is 77.0 Å². The summed E-state index contributed by atoms with van der Waals surface area (Å²) in [6.45, 7) is 2.08. The molecule has 4 aromatic heterocycles. The summed E-state index contributed by atoms with van der Waals surface area (Å²) < 4.78 is 50.9. The molecule has 15 heteroatoms. The highest BCUT2D eigenvalue weighted by Crippen LogP contribution is 2.41. The van der Waals surface area contributed by atoms with Gasteiger partial charge in [-0.3, -0.25) is 4.68 Å². The number of halogens is 4. The molecule has 0 saturated heterocycles. The number of benzene rings is 1. The summed E-state index contributed by atoms with van der Waals surface area (Å²) in [6.07, 6.45) is 5.26. The molecular weight excluding hydrogens is 575 g/mol. The first-order chi connectivity index (χ1) is 20.1. The molecule has 218 valence electrons. The van der Waals surface area contributed by atoms with Gasteiger partial charge in [-0.15, -0.1) is 5.10 Å². The second-order valence-electron chi connectivity index (χ2n) is 10.1. The van der Waals surface area contributed by atoms with Crippen molar-refractivity contribution in [3.63, 3.8) is 0 Å². The van der Waals surface area contributed by atoms with Gasteiger partial charge in [-0.1, -0.05) is 29.7 Å².